The van der Waals surface area contributed by atoms with Gasteiger partial charge < -0.3 is 24.9 Å². The van der Waals surface area contributed by atoms with Gasteiger partial charge >= 0.3 is 0 Å². The molecular formula is C23H35IN4O3. The van der Waals surface area contributed by atoms with Gasteiger partial charge in [-0.25, -0.2) is 4.99 Å². The highest BCUT2D eigenvalue weighted by molar-refractivity contribution is 14.0. The number of nitrogens with zero attached hydrogens (tertiary/aromatic N) is 2. The quantitative estimate of drug-likeness (QED) is 0.271. The lowest BCUT2D eigenvalue weighted by Crippen LogP contribution is -2.46. The zero-order chi connectivity index (χ0) is 21.4. The molecule has 1 aromatic carbocycles. The normalized spacial score (nSPS) is 18.0. The van der Waals surface area contributed by atoms with Crippen molar-refractivity contribution in [3.8, 4) is 0 Å². The van der Waals surface area contributed by atoms with Crippen LogP contribution in [0.1, 0.15) is 37.0 Å². The van der Waals surface area contributed by atoms with E-state index in [-0.39, 0.29) is 36.6 Å². The Hall–Kier alpha value is -1.62. The Morgan fingerprint density at radius 2 is 1.87 bits per heavy atom. The summed E-state index contributed by atoms with van der Waals surface area (Å²) < 4.78 is 11.5. The van der Waals surface area contributed by atoms with Crippen LogP contribution >= 0.6 is 24.0 Å². The minimum Gasteiger partial charge on any atom is -0.465 e. The Bertz CT molecular complexity index is 804. The molecular weight excluding hydrogens is 507 g/mol. The molecule has 1 fully saturated rings. The predicted octanol–water partition coefficient (Wildman–Crippen LogP) is 3.04. The number of halogens is 1. The van der Waals surface area contributed by atoms with Crippen molar-refractivity contribution >= 4 is 29.9 Å². The summed E-state index contributed by atoms with van der Waals surface area (Å²) in [7, 11) is 0. The first-order chi connectivity index (χ1) is 14.5. The van der Waals surface area contributed by atoms with Crippen LogP contribution < -0.4 is 10.6 Å². The molecule has 7 nitrogen and oxygen atoms in total. The molecule has 0 spiro atoms. The van der Waals surface area contributed by atoms with Crippen LogP contribution in [-0.4, -0.2) is 61.9 Å². The fraction of sp³-hybridized carbons (Fsp3) is 0.522. The molecule has 0 amide bonds. The highest BCUT2D eigenvalue weighted by Crippen LogP contribution is 2.23. The third-order valence-electron chi connectivity index (χ3n) is 5.32. The van der Waals surface area contributed by atoms with Crippen molar-refractivity contribution in [1.82, 2.24) is 15.5 Å². The summed E-state index contributed by atoms with van der Waals surface area (Å²) in [6.45, 7) is 10.6. The number of aliphatic imine (C=N–C) groups is 1. The van der Waals surface area contributed by atoms with Gasteiger partial charge in [0.1, 0.15) is 17.1 Å². The van der Waals surface area contributed by atoms with Crippen molar-refractivity contribution in [3.63, 3.8) is 0 Å². The standard InChI is InChI=1S/C23H34N4O3.HI/c1-4-24-22(26-17-23(3,28)19-8-6-5-7-9-19)25-16-20(21-11-10-18(2)30-21)27-12-14-29-15-13-27;/h5-11,20,28H,4,12-17H2,1-3H3,(H2,24,25,26);1H. The van der Waals surface area contributed by atoms with Crippen LogP contribution in [-0.2, 0) is 10.3 Å². The van der Waals surface area contributed by atoms with Crippen LogP contribution in [0.2, 0.25) is 0 Å². The Morgan fingerprint density at radius 1 is 1.16 bits per heavy atom. The number of nitrogens with one attached hydrogen (secondary N) is 2. The van der Waals surface area contributed by atoms with Crippen molar-refractivity contribution < 1.29 is 14.3 Å². The topological polar surface area (TPSA) is 82.3 Å². The van der Waals surface area contributed by atoms with Crippen LogP contribution in [0.4, 0.5) is 0 Å². The molecule has 0 radical (unpaired) electrons. The minimum atomic E-state index is -1.04. The number of morpholine rings is 1. The van der Waals surface area contributed by atoms with E-state index in [0.29, 0.717) is 12.5 Å². The summed E-state index contributed by atoms with van der Waals surface area (Å²) in [5.41, 5.74) is -0.187. The summed E-state index contributed by atoms with van der Waals surface area (Å²) >= 11 is 0. The van der Waals surface area contributed by atoms with Gasteiger partial charge in [0, 0.05) is 26.2 Å². The largest absolute Gasteiger partial charge is 0.465 e. The summed E-state index contributed by atoms with van der Waals surface area (Å²) in [5.74, 6) is 2.52. The molecule has 172 valence electrons. The Morgan fingerprint density at radius 3 is 2.48 bits per heavy atom. The maximum absolute atomic E-state index is 10.9. The SMILES string of the molecule is CCNC(=NCC(C)(O)c1ccccc1)NCC(c1ccc(C)o1)N1CCOCC1.I. The molecule has 0 bridgehead atoms. The van der Waals surface area contributed by atoms with Crippen LogP contribution in [0.3, 0.4) is 0 Å². The van der Waals surface area contributed by atoms with E-state index in [1.165, 1.54) is 0 Å². The number of rotatable bonds is 8. The second-order valence-corrected chi connectivity index (χ2v) is 7.83. The van der Waals surface area contributed by atoms with Gasteiger partial charge in [-0.2, -0.15) is 0 Å². The lowest BCUT2D eigenvalue weighted by atomic mass is 9.96. The monoisotopic (exact) mass is 542 g/mol. The Labute approximate surface area is 202 Å². The maximum atomic E-state index is 10.9. The second kappa shape index (κ2) is 12.4. The van der Waals surface area contributed by atoms with Gasteiger partial charge in [-0.05, 0) is 38.5 Å². The number of hydrogen-bond acceptors (Lipinski definition) is 5. The summed E-state index contributed by atoms with van der Waals surface area (Å²) in [4.78, 5) is 7.02. The Kier molecular flexibility index (Phi) is 10.3. The van der Waals surface area contributed by atoms with Crippen molar-refractivity contribution in [3.05, 3.63) is 59.5 Å². The number of guanidine groups is 1. The minimum absolute atomic E-state index is 0. The average Bonchev–Trinajstić information content (AvgIpc) is 3.19. The maximum Gasteiger partial charge on any atom is 0.191 e. The summed E-state index contributed by atoms with van der Waals surface area (Å²) in [6, 6.07) is 13.8. The molecule has 0 aliphatic carbocycles. The molecule has 3 N–H and O–H groups in total. The molecule has 2 aromatic rings. The first-order valence-electron chi connectivity index (χ1n) is 10.7. The zero-order valence-electron chi connectivity index (χ0n) is 18.6. The smallest absolute Gasteiger partial charge is 0.191 e. The fourth-order valence-electron chi connectivity index (χ4n) is 3.59. The predicted molar refractivity (Wildman–Crippen MR) is 134 cm³/mol. The van der Waals surface area contributed by atoms with Crippen molar-refractivity contribution in [2.24, 2.45) is 4.99 Å². The average molecular weight is 542 g/mol. The van der Waals surface area contributed by atoms with Crippen LogP contribution in [0, 0.1) is 6.92 Å². The van der Waals surface area contributed by atoms with Gasteiger partial charge in [-0.3, -0.25) is 4.90 Å². The van der Waals surface area contributed by atoms with Gasteiger partial charge in [-0.15, -0.1) is 24.0 Å². The molecule has 2 atom stereocenters. The molecule has 2 heterocycles. The molecule has 1 aliphatic heterocycles. The number of furan rings is 1. The number of ether oxygens (including phenoxy) is 1. The second-order valence-electron chi connectivity index (χ2n) is 7.83. The third-order valence-corrected chi connectivity index (χ3v) is 5.32. The summed E-state index contributed by atoms with van der Waals surface area (Å²) in [5, 5.41) is 17.6. The number of hydrogen-bond donors (Lipinski definition) is 3. The van der Waals surface area contributed by atoms with Crippen LogP contribution in [0.25, 0.3) is 0 Å². The van der Waals surface area contributed by atoms with Crippen molar-refractivity contribution in [1.29, 1.82) is 0 Å². The molecule has 2 unspecified atom stereocenters. The van der Waals surface area contributed by atoms with E-state index in [0.717, 1.165) is 49.9 Å². The highest BCUT2D eigenvalue weighted by atomic mass is 127. The van der Waals surface area contributed by atoms with E-state index in [1.807, 2.05) is 56.3 Å². The van der Waals surface area contributed by atoms with E-state index in [1.54, 1.807) is 6.92 Å². The van der Waals surface area contributed by atoms with Crippen molar-refractivity contribution in [2.75, 3.05) is 45.9 Å². The summed E-state index contributed by atoms with van der Waals surface area (Å²) in [6.07, 6.45) is 0. The van der Waals surface area contributed by atoms with E-state index < -0.39 is 5.60 Å². The number of aliphatic hydroxyl groups is 1. The molecule has 8 heteroatoms. The molecule has 1 saturated heterocycles. The first kappa shape index (κ1) is 25.6. The van der Waals surface area contributed by atoms with Crippen LogP contribution in [0.15, 0.2) is 51.9 Å². The van der Waals surface area contributed by atoms with E-state index in [9.17, 15) is 5.11 Å². The van der Waals surface area contributed by atoms with E-state index >= 15 is 0 Å². The third kappa shape index (κ3) is 7.48. The lowest BCUT2D eigenvalue weighted by Gasteiger charge is -2.33. The molecule has 3 rings (SSSR count). The van der Waals surface area contributed by atoms with E-state index in [2.05, 4.69) is 20.5 Å². The van der Waals surface area contributed by atoms with Gasteiger partial charge in [0.05, 0.1) is 25.8 Å². The van der Waals surface area contributed by atoms with Crippen molar-refractivity contribution in [2.45, 2.75) is 32.4 Å². The van der Waals surface area contributed by atoms with Gasteiger partial charge in [0.2, 0.25) is 0 Å². The van der Waals surface area contributed by atoms with Gasteiger partial charge in [-0.1, -0.05) is 30.3 Å². The Balaban J connectivity index is 0.00000341. The highest BCUT2D eigenvalue weighted by Gasteiger charge is 2.26. The molecule has 31 heavy (non-hydrogen) atoms. The van der Waals surface area contributed by atoms with E-state index in [4.69, 9.17) is 9.15 Å². The number of aryl methyl sites for hydroxylation is 1. The number of benzene rings is 1. The van der Waals surface area contributed by atoms with Crippen LogP contribution in [0.5, 0.6) is 0 Å². The molecule has 0 saturated carbocycles. The van der Waals surface area contributed by atoms with Gasteiger partial charge in [0.25, 0.3) is 0 Å². The lowest BCUT2D eigenvalue weighted by molar-refractivity contribution is 0.0124. The zero-order valence-corrected chi connectivity index (χ0v) is 21.0. The molecule has 1 aromatic heterocycles. The van der Waals surface area contributed by atoms with Gasteiger partial charge in [0.15, 0.2) is 5.96 Å². The molecule has 1 aliphatic rings. The first-order valence-corrected chi connectivity index (χ1v) is 10.7. The fourth-order valence-corrected chi connectivity index (χ4v) is 3.59.